The maximum atomic E-state index is 12.1. The van der Waals surface area contributed by atoms with Crippen LogP contribution in [0, 0.1) is 0 Å². The Bertz CT molecular complexity index is 686. The Hall–Kier alpha value is -1.65. The Kier molecular flexibility index (Phi) is 3.83. The average Bonchev–Trinajstić information content (AvgIpc) is 2.86. The van der Waals surface area contributed by atoms with Crippen LogP contribution in [0.2, 0.25) is 0 Å². The van der Waals surface area contributed by atoms with Crippen molar-refractivity contribution in [3.05, 3.63) is 46.2 Å². The molecule has 3 rings (SSSR count). The lowest BCUT2D eigenvalue weighted by Crippen LogP contribution is -2.39. The number of aromatic amines is 1. The molecule has 0 saturated heterocycles. The number of rotatable bonds is 4. The van der Waals surface area contributed by atoms with E-state index in [0.717, 1.165) is 42.1 Å². The highest BCUT2D eigenvalue weighted by atomic mass is 16.3. The molecule has 0 spiro atoms. The van der Waals surface area contributed by atoms with Crippen LogP contribution in [-0.4, -0.2) is 34.2 Å². The molecule has 2 aromatic rings. The molecule has 0 unspecified atom stereocenters. The molecule has 1 aromatic heterocycles. The molecular formula is C17H22N2O2. The third kappa shape index (κ3) is 3.17. The summed E-state index contributed by atoms with van der Waals surface area (Å²) in [6, 6.07) is 9.74. The van der Waals surface area contributed by atoms with Crippen molar-refractivity contribution in [1.82, 2.24) is 9.88 Å². The highest BCUT2D eigenvalue weighted by molar-refractivity contribution is 5.78. The van der Waals surface area contributed by atoms with Crippen molar-refractivity contribution in [2.75, 3.05) is 13.6 Å². The molecule has 1 fully saturated rings. The third-order valence-electron chi connectivity index (χ3n) is 4.37. The standard InChI is InChI=1S/C17H22N2O2/c1-19(12-17(21)8-4-5-9-17)11-14-10-13-6-2-3-7-15(13)18-16(14)20/h2-3,6-7,10,21H,4-5,8-9,11-12H2,1H3,(H,18,20). The highest BCUT2D eigenvalue weighted by Crippen LogP contribution is 2.30. The van der Waals surface area contributed by atoms with E-state index in [-0.39, 0.29) is 5.56 Å². The molecule has 1 saturated carbocycles. The van der Waals surface area contributed by atoms with Gasteiger partial charge in [0.15, 0.2) is 0 Å². The first-order chi connectivity index (χ1) is 10.1. The number of aliphatic hydroxyl groups is 1. The zero-order chi connectivity index (χ0) is 14.9. The van der Waals surface area contributed by atoms with Crippen molar-refractivity contribution < 1.29 is 5.11 Å². The lowest BCUT2D eigenvalue weighted by molar-refractivity contribution is 0.0144. The van der Waals surface area contributed by atoms with E-state index in [0.29, 0.717) is 13.1 Å². The van der Waals surface area contributed by atoms with E-state index >= 15 is 0 Å². The van der Waals surface area contributed by atoms with E-state index in [2.05, 4.69) is 4.98 Å². The van der Waals surface area contributed by atoms with E-state index in [4.69, 9.17) is 0 Å². The predicted molar refractivity (Wildman–Crippen MR) is 84.3 cm³/mol. The second kappa shape index (κ2) is 5.62. The smallest absolute Gasteiger partial charge is 0.252 e. The summed E-state index contributed by atoms with van der Waals surface area (Å²) in [7, 11) is 1.96. The molecular weight excluding hydrogens is 264 g/mol. The lowest BCUT2D eigenvalue weighted by Gasteiger charge is -2.28. The van der Waals surface area contributed by atoms with E-state index in [1.807, 2.05) is 42.3 Å². The van der Waals surface area contributed by atoms with Crippen LogP contribution in [0.5, 0.6) is 0 Å². The number of benzene rings is 1. The Morgan fingerprint density at radius 2 is 2.00 bits per heavy atom. The summed E-state index contributed by atoms with van der Waals surface area (Å²) in [5, 5.41) is 11.5. The van der Waals surface area contributed by atoms with Gasteiger partial charge in [0.05, 0.1) is 5.60 Å². The van der Waals surface area contributed by atoms with Crippen LogP contribution in [-0.2, 0) is 6.54 Å². The van der Waals surface area contributed by atoms with Crippen LogP contribution in [0.25, 0.3) is 10.9 Å². The highest BCUT2D eigenvalue weighted by Gasteiger charge is 2.32. The first-order valence-electron chi connectivity index (χ1n) is 7.58. The summed E-state index contributed by atoms with van der Waals surface area (Å²) in [6.07, 6.45) is 3.93. The molecule has 112 valence electrons. The van der Waals surface area contributed by atoms with Gasteiger partial charge in [0.2, 0.25) is 0 Å². The van der Waals surface area contributed by atoms with E-state index in [1.54, 1.807) is 0 Å². The number of para-hydroxylation sites is 1. The Morgan fingerprint density at radius 3 is 2.76 bits per heavy atom. The fraction of sp³-hybridized carbons (Fsp3) is 0.471. The number of H-pyrrole nitrogens is 1. The minimum atomic E-state index is -0.571. The van der Waals surface area contributed by atoms with Gasteiger partial charge in [-0.1, -0.05) is 31.0 Å². The molecule has 1 aliphatic rings. The van der Waals surface area contributed by atoms with E-state index in [9.17, 15) is 9.90 Å². The summed E-state index contributed by atoms with van der Waals surface area (Å²) >= 11 is 0. The molecule has 1 heterocycles. The number of nitrogens with zero attached hydrogens (tertiary/aromatic N) is 1. The number of likely N-dealkylation sites (N-methyl/N-ethyl adjacent to an activating group) is 1. The normalized spacial score (nSPS) is 17.7. The maximum absolute atomic E-state index is 12.1. The van der Waals surface area contributed by atoms with Gasteiger partial charge in [-0.2, -0.15) is 0 Å². The molecule has 21 heavy (non-hydrogen) atoms. The SMILES string of the molecule is CN(Cc1cc2ccccc2[nH]c1=O)CC1(O)CCCC1. The summed E-state index contributed by atoms with van der Waals surface area (Å²) in [5.41, 5.74) is 0.998. The Labute approximate surface area is 124 Å². The Balaban J connectivity index is 1.77. The van der Waals surface area contributed by atoms with Crippen LogP contribution >= 0.6 is 0 Å². The van der Waals surface area contributed by atoms with Crippen molar-refractivity contribution in [3.63, 3.8) is 0 Å². The van der Waals surface area contributed by atoms with Gasteiger partial charge in [-0.05, 0) is 37.4 Å². The van der Waals surface area contributed by atoms with Gasteiger partial charge in [-0.3, -0.25) is 9.69 Å². The van der Waals surface area contributed by atoms with Crippen molar-refractivity contribution in [3.8, 4) is 0 Å². The number of nitrogens with one attached hydrogen (secondary N) is 1. The maximum Gasteiger partial charge on any atom is 0.252 e. The first-order valence-corrected chi connectivity index (χ1v) is 7.58. The molecule has 4 nitrogen and oxygen atoms in total. The summed E-state index contributed by atoms with van der Waals surface area (Å²) in [6.45, 7) is 1.18. The number of hydrogen-bond acceptors (Lipinski definition) is 3. The molecule has 0 atom stereocenters. The topological polar surface area (TPSA) is 56.3 Å². The van der Waals surface area contributed by atoms with Crippen molar-refractivity contribution in [2.24, 2.45) is 0 Å². The lowest BCUT2D eigenvalue weighted by atomic mass is 10.0. The zero-order valence-corrected chi connectivity index (χ0v) is 12.4. The van der Waals surface area contributed by atoms with Gasteiger partial charge in [-0.15, -0.1) is 0 Å². The van der Waals surface area contributed by atoms with Crippen LogP contribution < -0.4 is 5.56 Å². The second-order valence-electron chi connectivity index (χ2n) is 6.31. The molecule has 0 bridgehead atoms. The van der Waals surface area contributed by atoms with Crippen LogP contribution in [0.4, 0.5) is 0 Å². The number of hydrogen-bond donors (Lipinski definition) is 2. The molecule has 0 radical (unpaired) electrons. The first kappa shape index (κ1) is 14.3. The fourth-order valence-corrected chi connectivity index (χ4v) is 3.35. The molecule has 1 aliphatic carbocycles. The average molecular weight is 286 g/mol. The summed E-state index contributed by atoms with van der Waals surface area (Å²) in [5.74, 6) is 0. The van der Waals surface area contributed by atoms with Crippen LogP contribution in [0.3, 0.4) is 0 Å². The monoisotopic (exact) mass is 286 g/mol. The van der Waals surface area contributed by atoms with Gasteiger partial charge >= 0.3 is 0 Å². The van der Waals surface area contributed by atoms with Crippen LogP contribution in [0.15, 0.2) is 35.1 Å². The van der Waals surface area contributed by atoms with Gasteiger partial charge in [0.1, 0.15) is 0 Å². The third-order valence-corrected chi connectivity index (χ3v) is 4.37. The van der Waals surface area contributed by atoms with Crippen molar-refractivity contribution in [1.29, 1.82) is 0 Å². The van der Waals surface area contributed by atoms with E-state index < -0.39 is 5.60 Å². The quantitative estimate of drug-likeness (QED) is 0.906. The molecule has 0 amide bonds. The minimum Gasteiger partial charge on any atom is -0.389 e. The van der Waals surface area contributed by atoms with E-state index in [1.165, 1.54) is 0 Å². The summed E-state index contributed by atoms with van der Waals surface area (Å²) in [4.78, 5) is 17.1. The molecule has 4 heteroatoms. The molecule has 1 aromatic carbocycles. The van der Waals surface area contributed by atoms with Gasteiger partial charge < -0.3 is 10.1 Å². The largest absolute Gasteiger partial charge is 0.389 e. The zero-order valence-electron chi connectivity index (χ0n) is 12.4. The second-order valence-corrected chi connectivity index (χ2v) is 6.31. The number of pyridine rings is 1. The van der Waals surface area contributed by atoms with Crippen molar-refractivity contribution >= 4 is 10.9 Å². The predicted octanol–water partition coefficient (Wildman–Crippen LogP) is 2.26. The molecule has 0 aliphatic heterocycles. The van der Waals surface area contributed by atoms with Crippen LogP contribution in [0.1, 0.15) is 31.2 Å². The summed E-state index contributed by atoms with van der Waals surface area (Å²) < 4.78 is 0. The van der Waals surface area contributed by atoms with Gasteiger partial charge in [0.25, 0.3) is 5.56 Å². The fourth-order valence-electron chi connectivity index (χ4n) is 3.35. The molecule has 2 N–H and O–H groups in total. The number of aromatic nitrogens is 1. The Morgan fingerprint density at radius 1 is 1.29 bits per heavy atom. The number of fused-ring (bicyclic) bond motifs is 1. The van der Waals surface area contributed by atoms with Crippen molar-refractivity contribution in [2.45, 2.75) is 37.8 Å². The van der Waals surface area contributed by atoms with Gasteiger partial charge in [0, 0.05) is 24.2 Å². The minimum absolute atomic E-state index is 0.0426. The van der Waals surface area contributed by atoms with Gasteiger partial charge in [-0.25, -0.2) is 0 Å².